The lowest BCUT2D eigenvalue weighted by atomic mass is 10.2. The maximum atomic E-state index is 12.8. The number of carbonyl (C=O) groups excluding carboxylic acids is 1. The van der Waals surface area contributed by atoms with Gasteiger partial charge in [0.15, 0.2) is 0 Å². The molecule has 4 N–H and O–H groups in total. The molecule has 1 amide bonds. The van der Waals surface area contributed by atoms with Crippen molar-refractivity contribution in [3.63, 3.8) is 0 Å². The number of carbonyl (C=O) groups is 1. The first-order chi connectivity index (χ1) is 14.4. The normalized spacial score (nSPS) is 16.0. The zero-order valence-corrected chi connectivity index (χ0v) is 18.0. The smallest absolute Gasteiger partial charge is 0.267 e. The van der Waals surface area contributed by atoms with E-state index >= 15 is 0 Å². The lowest BCUT2D eigenvalue weighted by molar-refractivity contribution is 0.103. The average Bonchev–Trinajstić information content (AvgIpc) is 3.34. The average molecular weight is 444 g/mol. The molecule has 1 atom stereocenters. The molecule has 1 aromatic heterocycles. The van der Waals surface area contributed by atoms with Gasteiger partial charge in [-0.1, -0.05) is 23.7 Å². The summed E-state index contributed by atoms with van der Waals surface area (Å²) < 4.78 is 5.51. The van der Waals surface area contributed by atoms with Crippen molar-refractivity contribution in [3.05, 3.63) is 58.4 Å². The molecular weight excluding hydrogens is 422 g/mol. The minimum Gasteiger partial charge on any atom is -0.495 e. The molecule has 6 nitrogen and oxygen atoms in total. The summed E-state index contributed by atoms with van der Waals surface area (Å²) >= 11 is 7.28. The fourth-order valence-corrected chi connectivity index (χ4v) is 4.61. The molecule has 2 aromatic carbocycles. The maximum Gasteiger partial charge on any atom is 0.267 e. The number of benzene rings is 2. The molecule has 0 saturated carbocycles. The summed E-state index contributed by atoms with van der Waals surface area (Å²) in [7, 11) is 1.59. The molecule has 0 bridgehead atoms. The van der Waals surface area contributed by atoms with Crippen molar-refractivity contribution >= 4 is 45.9 Å². The van der Waals surface area contributed by atoms with Crippen molar-refractivity contribution in [2.24, 2.45) is 0 Å². The van der Waals surface area contributed by atoms with Gasteiger partial charge in [0.1, 0.15) is 10.6 Å². The van der Waals surface area contributed by atoms with Gasteiger partial charge in [-0.3, -0.25) is 4.79 Å². The van der Waals surface area contributed by atoms with E-state index in [1.165, 1.54) is 11.3 Å². The van der Waals surface area contributed by atoms with E-state index in [1.807, 2.05) is 24.3 Å². The summed E-state index contributed by atoms with van der Waals surface area (Å²) in [6.45, 7) is 1.34. The standard InChI is InChI=1S/C22H22ClN3O3S/c1-29-19-10-15(6-7-18(19)26-9-8-16(27)12-26)25-22(28)21-17(24)11-20(30-21)13-2-4-14(23)5-3-13/h2-7,10-11,16,27H,8-9,12,24H2,1H3,(H,25,28). The van der Waals surface area contributed by atoms with Crippen LogP contribution in [0.5, 0.6) is 5.75 Å². The molecule has 1 saturated heterocycles. The number of rotatable bonds is 5. The summed E-state index contributed by atoms with van der Waals surface area (Å²) in [5.41, 5.74) is 9.00. The topological polar surface area (TPSA) is 87.8 Å². The molecule has 4 rings (SSSR count). The van der Waals surface area contributed by atoms with E-state index in [-0.39, 0.29) is 12.0 Å². The third-order valence-corrected chi connectivity index (χ3v) is 6.49. The number of nitrogen functional groups attached to an aromatic ring is 1. The molecule has 0 radical (unpaired) electrons. The number of hydrogen-bond acceptors (Lipinski definition) is 6. The number of anilines is 3. The number of β-amino-alcohol motifs (C(OH)–C–C–N with tert-alkyl or cyclic N) is 1. The molecule has 0 aliphatic carbocycles. The highest BCUT2D eigenvalue weighted by Crippen LogP contribution is 2.36. The monoisotopic (exact) mass is 443 g/mol. The van der Waals surface area contributed by atoms with Crippen LogP contribution in [0, 0.1) is 0 Å². The predicted molar refractivity (Wildman–Crippen MR) is 123 cm³/mol. The van der Waals surface area contributed by atoms with Gasteiger partial charge in [0, 0.05) is 34.7 Å². The van der Waals surface area contributed by atoms with E-state index in [0.29, 0.717) is 33.6 Å². The van der Waals surface area contributed by atoms with Gasteiger partial charge >= 0.3 is 0 Å². The fraction of sp³-hybridized carbons (Fsp3) is 0.227. The summed E-state index contributed by atoms with van der Waals surface area (Å²) in [5.74, 6) is 0.368. The molecule has 1 fully saturated rings. The molecule has 2 heterocycles. The first kappa shape index (κ1) is 20.5. The molecule has 1 unspecified atom stereocenters. The largest absolute Gasteiger partial charge is 0.495 e. The highest BCUT2D eigenvalue weighted by atomic mass is 35.5. The van der Waals surface area contributed by atoms with Crippen molar-refractivity contribution in [2.75, 3.05) is 36.1 Å². The number of thiophene rings is 1. The second-order valence-corrected chi connectivity index (χ2v) is 8.62. The Labute approximate surface area is 183 Å². The van der Waals surface area contributed by atoms with Gasteiger partial charge in [-0.25, -0.2) is 0 Å². The molecule has 1 aliphatic heterocycles. The van der Waals surface area contributed by atoms with E-state index in [2.05, 4.69) is 10.2 Å². The number of methoxy groups -OCH3 is 1. The Hall–Kier alpha value is -2.74. The Bertz CT molecular complexity index is 1070. The van der Waals surface area contributed by atoms with E-state index < -0.39 is 0 Å². The Morgan fingerprint density at radius 3 is 2.70 bits per heavy atom. The molecular formula is C22H22ClN3O3S. The summed E-state index contributed by atoms with van der Waals surface area (Å²) in [5, 5.41) is 13.3. The molecule has 30 heavy (non-hydrogen) atoms. The maximum absolute atomic E-state index is 12.8. The Morgan fingerprint density at radius 2 is 2.03 bits per heavy atom. The SMILES string of the molecule is COc1cc(NC(=O)c2sc(-c3ccc(Cl)cc3)cc2N)ccc1N1CCC(O)C1. The van der Waals surface area contributed by atoms with Crippen molar-refractivity contribution in [2.45, 2.75) is 12.5 Å². The molecule has 0 spiro atoms. The van der Waals surface area contributed by atoms with Gasteiger partial charge < -0.3 is 25.8 Å². The number of aliphatic hydroxyl groups is 1. The number of aliphatic hydroxyl groups excluding tert-OH is 1. The van der Waals surface area contributed by atoms with Gasteiger partial charge in [-0.15, -0.1) is 11.3 Å². The number of halogens is 1. The van der Waals surface area contributed by atoms with Crippen LogP contribution in [0.15, 0.2) is 48.5 Å². The zero-order chi connectivity index (χ0) is 21.3. The number of nitrogens with zero attached hydrogens (tertiary/aromatic N) is 1. The summed E-state index contributed by atoms with van der Waals surface area (Å²) in [4.78, 5) is 16.3. The van der Waals surface area contributed by atoms with Gasteiger partial charge in [0.05, 0.1) is 24.6 Å². The number of ether oxygens (including phenoxy) is 1. The van der Waals surface area contributed by atoms with Crippen LogP contribution in [-0.2, 0) is 0 Å². The number of amides is 1. The first-order valence-corrected chi connectivity index (χ1v) is 10.7. The van der Waals surface area contributed by atoms with Crippen molar-refractivity contribution in [1.82, 2.24) is 0 Å². The van der Waals surface area contributed by atoms with Crippen LogP contribution < -0.4 is 20.7 Å². The lowest BCUT2D eigenvalue weighted by Crippen LogP contribution is -2.21. The second-order valence-electron chi connectivity index (χ2n) is 7.13. The van der Waals surface area contributed by atoms with E-state index in [0.717, 1.165) is 29.1 Å². The molecule has 3 aromatic rings. The Morgan fingerprint density at radius 1 is 1.27 bits per heavy atom. The third-order valence-electron chi connectivity index (χ3n) is 5.04. The Balaban J connectivity index is 1.53. The van der Waals surface area contributed by atoms with E-state index in [1.54, 1.807) is 31.4 Å². The molecule has 156 valence electrons. The first-order valence-electron chi connectivity index (χ1n) is 9.52. The van der Waals surface area contributed by atoms with Crippen LogP contribution >= 0.6 is 22.9 Å². The summed E-state index contributed by atoms with van der Waals surface area (Å²) in [6, 6.07) is 14.7. The van der Waals surface area contributed by atoms with Crippen LogP contribution in [0.4, 0.5) is 17.1 Å². The quantitative estimate of drug-likeness (QED) is 0.541. The van der Waals surface area contributed by atoms with E-state index in [9.17, 15) is 9.90 Å². The van der Waals surface area contributed by atoms with Crippen LogP contribution in [0.2, 0.25) is 5.02 Å². The number of hydrogen-bond donors (Lipinski definition) is 3. The minimum absolute atomic E-state index is 0.274. The number of nitrogens with two attached hydrogens (primary N) is 1. The number of nitrogens with one attached hydrogen (secondary N) is 1. The van der Waals surface area contributed by atoms with Crippen LogP contribution in [0.1, 0.15) is 16.1 Å². The zero-order valence-electron chi connectivity index (χ0n) is 16.4. The lowest BCUT2D eigenvalue weighted by Gasteiger charge is -2.21. The highest BCUT2D eigenvalue weighted by Gasteiger charge is 2.23. The Kier molecular flexibility index (Phi) is 5.85. The van der Waals surface area contributed by atoms with Gasteiger partial charge in [0.25, 0.3) is 5.91 Å². The van der Waals surface area contributed by atoms with Crippen molar-refractivity contribution < 1.29 is 14.6 Å². The van der Waals surface area contributed by atoms with Crippen molar-refractivity contribution in [3.8, 4) is 16.2 Å². The van der Waals surface area contributed by atoms with Crippen molar-refractivity contribution in [1.29, 1.82) is 0 Å². The van der Waals surface area contributed by atoms with Gasteiger partial charge in [0.2, 0.25) is 0 Å². The van der Waals surface area contributed by atoms with Gasteiger partial charge in [-0.05, 0) is 42.3 Å². The predicted octanol–water partition coefficient (Wildman–Crippen LogP) is 4.48. The van der Waals surface area contributed by atoms with Crippen LogP contribution in [0.3, 0.4) is 0 Å². The highest BCUT2D eigenvalue weighted by molar-refractivity contribution is 7.18. The third kappa shape index (κ3) is 4.23. The molecule has 8 heteroatoms. The van der Waals surface area contributed by atoms with Crippen LogP contribution in [0.25, 0.3) is 10.4 Å². The summed E-state index contributed by atoms with van der Waals surface area (Å²) in [6.07, 6.45) is 0.403. The molecule has 1 aliphatic rings. The van der Waals surface area contributed by atoms with E-state index in [4.69, 9.17) is 22.1 Å². The minimum atomic E-state index is -0.328. The fourth-order valence-electron chi connectivity index (χ4n) is 3.50. The van der Waals surface area contributed by atoms with Gasteiger partial charge in [-0.2, -0.15) is 0 Å². The van der Waals surface area contributed by atoms with Crippen LogP contribution in [-0.4, -0.2) is 37.3 Å². The second kappa shape index (κ2) is 8.55.